The first-order chi connectivity index (χ1) is 7.27. The molecule has 1 aromatic rings. The number of aryl methyl sites for hydroxylation is 1. The van der Waals surface area contributed by atoms with Gasteiger partial charge in [0.2, 0.25) is 0 Å². The van der Waals surface area contributed by atoms with E-state index in [9.17, 15) is 4.39 Å². The van der Waals surface area contributed by atoms with Gasteiger partial charge in [-0.15, -0.1) is 0 Å². The normalized spacial score (nSPS) is 10.3. The second kappa shape index (κ2) is 6.44. The van der Waals surface area contributed by atoms with Crippen LogP contribution in [0.25, 0.3) is 0 Å². The van der Waals surface area contributed by atoms with Crippen LogP contribution in [0.3, 0.4) is 0 Å². The van der Waals surface area contributed by atoms with Gasteiger partial charge in [-0.1, -0.05) is 32.3 Å². The summed E-state index contributed by atoms with van der Waals surface area (Å²) in [6.45, 7) is 2.19. The SMILES string of the molecule is CCCCCCc1ccc(OC)c(F)c1. The van der Waals surface area contributed by atoms with Gasteiger partial charge in [0.05, 0.1) is 7.11 Å². The molecule has 84 valence electrons. The highest BCUT2D eigenvalue weighted by molar-refractivity contribution is 5.29. The van der Waals surface area contributed by atoms with E-state index in [2.05, 4.69) is 6.92 Å². The van der Waals surface area contributed by atoms with Gasteiger partial charge < -0.3 is 4.74 Å². The number of benzene rings is 1. The third-order valence-corrected chi connectivity index (χ3v) is 2.54. The summed E-state index contributed by atoms with van der Waals surface area (Å²) in [4.78, 5) is 0. The third-order valence-electron chi connectivity index (χ3n) is 2.54. The first-order valence-electron chi connectivity index (χ1n) is 5.60. The highest BCUT2D eigenvalue weighted by atomic mass is 19.1. The molecule has 0 atom stereocenters. The molecule has 2 heteroatoms. The van der Waals surface area contributed by atoms with Crippen molar-refractivity contribution >= 4 is 0 Å². The Morgan fingerprint density at radius 3 is 2.60 bits per heavy atom. The molecule has 0 N–H and O–H groups in total. The molecule has 0 aliphatic carbocycles. The Kier molecular flexibility index (Phi) is 5.16. The zero-order valence-electron chi connectivity index (χ0n) is 9.55. The molecule has 0 spiro atoms. The molecule has 0 fully saturated rings. The predicted octanol–water partition coefficient (Wildman–Crippen LogP) is 3.96. The third kappa shape index (κ3) is 3.90. The van der Waals surface area contributed by atoms with Crippen LogP contribution in [0.5, 0.6) is 5.75 Å². The number of rotatable bonds is 6. The minimum Gasteiger partial charge on any atom is -0.494 e. The maximum absolute atomic E-state index is 13.3. The summed E-state index contributed by atoms with van der Waals surface area (Å²) >= 11 is 0. The van der Waals surface area contributed by atoms with Crippen molar-refractivity contribution in [3.8, 4) is 5.75 Å². The van der Waals surface area contributed by atoms with Crippen LogP contribution in [0.1, 0.15) is 38.2 Å². The minimum absolute atomic E-state index is 0.259. The molecule has 0 aromatic heterocycles. The Balaban J connectivity index is 2.45. The summed E-state index contributed by atoms with van der Waals surface area (Å²) in [5, 5.41) is 0. The molecule has 0 amide bonds. The van der Waals surface area contributed by atoms with E-state index in [-0.39, 0.29) is 5.82 Å². The van der Waals surface area contributed by atoms with Crippen molar-refractivity contribution in [1.82, 2.24) is 0 Å². The second-order valence-electron chi connectivity index (χ2n) is 3.78. The van der Waals surface area contributed by atoms with Crippen molar-refractivity contribution in [2.45, 2.75) is 39.0 Å². The van der Waals surface area contributed by atoms with Crippen LogP contribution in [0.15, 0.2) is 18.2 Å². The molecule has 1 nitrogen and oxygen atoms in total. The van der Waals surface area contributed by atoms with Crippen molar-refractivity contribution in [3.63, 3.8) is 0 Å². The molecule has 15 heavy (non-hydrogen) atoms. The molecule has 0 aliphatic rings. The van der Waals surface area contributed by atoms with Crippen molar-refractivity contribution < 1.29 is 9.13 Å². The molecule has 0 heterocycles. The summed E-state index contributed by atoms with van der Waals surface area (Å²) in [6, 6.07) is 5.21. The van der Waals surface area contributed by atoms with Gasteiger partial charge >= 0.3 is 0 Å². The maximum Gasteiger partial charge on any atom is 0.165 e. The average Bonchev–Trinajstić information content (AvgIpc) is 2.25. The molecule has 0 radical (unpaired) electrons. The Morgan fingerprint density at radius 2 is 2.00 bits per heavy atom. The molecule has 0 saturated heterocycles. The Labute approximate surface area is 91.3 Å². The summed E-state index contributed by atoms with van der Waals surface area (Å²) in [5.74, 6) is 0.0674. The predicted molar refractivity (Wildman–Crippen MR) is 60.8 cm³/mol. The van der Waals surface area contributed by atoms with Crippen LogP contribution in [-0.4, -0.2) is 7.11 Å². The lowest BCUT2D eigenvalue weighted by Gasteiger charge is -2.04. The van der Waals surface area contributed by atoms with Gasteiger partial charge in [-0.05, 0) is 30.5 Å². The number of unbranched alkanes of at least 4 members (excludes halogenated alkanes) is 3. The lowest BCUT2D eigenvalue weighted by Crippen LogP contribution is -1.91. The Bertz CT molecular complexity index is 297. The van der Waals surface area contributed by atoms with Crippen LogP contribution in [-0.2, 0) is 6.42 Å². The monoisotopic (exact) mass is 210 g/mol. The van der Waals surface area contributed by atoms with Crippen molar-refractivity contribution in [1.29, 1.82) is 0 Å². The largest absolute Gasteiger partial charge is 0.494 e. The molecule has 0 aliphatic heterocycles. The van der Waals surface area contributed by atoms with E-state index < -0.39 is 0 Å². The van der Waals surface area contributed by atoms with E-state index in [1.54, 1.807) is 12.1 Å². The lowest BCUT2D eigenvalue weighted by atomic mass is 10.1. The van der Waals surface area contributed by atoms with Gasteiger partial charge in [-0.3, -0.25) is 0 Å². The fraction of sp³-hybridized carbons (Fsp3) is 0.538. The topological polar surface area (TPSA) is 9.23 Å². The standard InChI is InChI=1S/C13H19FO/c1-3-4-5-6-7-11-8-9-13(15-2)12(14)10-11/h8-10H,3-7H2,1-2H3. The van der Waals surface area contributed by atoms with Gasteiger partial charge in [-0.2, -0.15) is 0 Å². The first kappa shape index (κ1) is 12.0. The van der Waals surface area contributed by atoms with Crippen LogP contribution < -0.4 is 4.74 Å². The number of hydrogen-bond donors (Lipinski definition) is 0. The number of ether oxygens (including phenoxy) is 1. The van der Waals surface area contributed by atoms with Crippen LogP contribution >= 0.6 is 0 Å². The number of hydrogen-bond acceptors (Lipinski definition) is 1. The van der Waals surface area contributed by atoms with Crippen molar-refractivity contribution in [3.05, 3.63) is 29.6 Å². The fourth-order valence-electron chi connectivity index (χ4n) is 1.62. The minimum atomic E-state index is -0.259. The van der Waals surface area contributed by atoms with Crippen LogP contribution in [0.2, 0.25) is 0 Å². The fourth-order valence-corrected chi connectivity index (χ4v) is 1.62. The molecule has 0 bridgehead atoms. The van der Waals surface area contributed by atoms with E-state index in [0.29, 0.717) is 5.75 Å². The Morgan fingerprint density at radius 1 is 1.20 bits per heavy atom. The molecular weight excluding hydrogens is 191 g/mol. The van der Waals surface area contributed by atoms with E-state index in [0.717, 1.165) is 18.4 Å². The van der Waals surface area contributed by atoms with Gasteiger partial charge in [-0.25, -0.2) is 4.39 Å². The summed E-state index contributed by atoms with van der Waals surface area (Å²) < 4.78 is 18.2. The highest BCUT2D eigenvalue weighted by Gasteiger charge is 2.02. The van der Waals surface area contributed by atoms with Gasteiger partial charge in [0.1, 0.15) is 0 Å². The lowest BCUT2D eigenvalue weighted by molar-refractivity contribution is 0.386. The molecular formula is C13H19FO. The summed E-state index contributed by atoms with van der Waals surface area (Å²) in [5.41, 5.74) is 1.06. The van der Waals surface area contributed by atoms with Crippen LogP contribution in [0, 0.1) is 5.82 Å². The number of halogens is 1. The highest BCUT2D eigenvalue weighted by Crippen LogP contribution is 2.19. The van der Waals surface area contributed by atoms with Crippen molar-refractivity contribution in [2.75, 3.05) is 7.11 Å². The Hall–Kier alpha value is -1.05. The van der Waals surface area contributed by atoms with Crippen LogP contribution in [0.4, 0.5) is 4.39 Å². The zero-order chi connectivity index (χ0) is 11.1. The molecule has 1 rings (SSSR count). The zero-order valence-corrected chi connectivity index (χ0v) is 9.55. The van der Waals surface area contributed by atoms with E-state index >= 15 is 0 Å². The average molecular weight is 210 g/mol. The molecule has 0 unspecified atom stereocenters. The van der Waals surface area contributed by atoms with Crippen molar-refractivity contribution in [2.24, 2.45) is 0 Å². The summed E-state index contributed by atoms with van der Waals surface area (Å²) in [7, 11) is 1.49. The van der Waals surface area contributed by atoms with Gasteiger partial charge in [0.15, 0.2) is 11.6 Å². The maximum atomic E-state index is 13.3. The number of methoxy groups -OCH3 is 1. The first-order valence-corrected chi connectivity index (χ1v) is 5.60. The second-order valence-corrected chi connectivity index (χ2v) is 3.78. The van der Waals surface area contributed by atoms with Gasteiger partial charge in [0.25, 0.3) is 0 Å². The molecule has 1 aromatic carbocycles. The van der Waals surface area contributed by atoms with E-state index in [1.165, 1.54) is 26.4 Å². The molecule has 0 saturated carbocycles. The quantitative estimate of drug-likeness (QED) is 0.646. The van der Waals surface area contributed by atoms with E-state index in [4.69, 9.17) is 4.74 Å². The van der Waals surface area contributed by atoms with Gasteiger partial charge in [0, 0.05) is 0 Å². The smallest absolute Gasteiger partial charge is 0.165 e. The van der Waals surface area contributed by atoms with E-state index in [1.807, 2.05) is 6.07 Å². The summed E-state index contributed by atoms with van der Waals surface area (Å²) in [6.07, 6.45) is 5.82.